The Morgan fingerprint density at radius 1 is 0.905 bits per heavy atom. The van der Waals surface area contributed by atoms with E-state index in [2.05, 4.69) is 12.1 Å². The van der Waals surface area contributed by atoms with Crippen molar-refractivity contribution in [1.29, 1.82) is 0 Å². The molecule has 0 unspecified atom stereocenters. The molecule has 1 aliphatic rings. The van der Waals surface area contributed by atoms with E-state index >= 15 is 0 Å². The van der Waals surface area contributed by atoms with Crippen molar-refractivity contribution in [2.75, 3.05) is 0 Å². The summed E-state index contributed by atoms with van der Waals surface area (Å²) in [6, 6.07) is 14.0. The quantitative estimate of drug-likeness (QED) is 0.866. The Balaban J connectivity index is 1.77. The van der Waals surface area contributed by atoms with Crippen molar-refractivity contribution in [2.24, 2.45) is 5.73 Å². The van der Waals surface area contributed by atoms with Crippen LogP contribution in [0.2, 0.25) is 0 Å². The zero-order valence-electron chi connectivity index (χ0n) is 11.9. The predicted molar refractivity (Wildman–Crippen MR) is 79.9 cm³/mol. The molecule has 0 amide bonds. The fourth-order valence-corrected chi connectivity index (χ4v) is 3.32. The summed E-state index contributed by atoms with van der Waals surface area (Å²) in [5.41, 5.74) is 7.71. The lowest BCUT2D eigenvalue weighted by molar-refractivity contribution is 0.275. The maximum atomic E-state index is 13.4. The van der Waals surface area contributed by atoms with E-state index in [4.69, 9.17) is 5.73 Å². The third-order valence-corrected chi connectivity index (χ3v) is 4.59. The lowest BCUT2D eigenvalue weighted by atomic mass is 9.71. The first-order valence-electron chi connectivity index (χ1n) is 7.37. The van der Waals surface area contributed by atoms with Crippen LogP contribution in [0.1, 0.15) is 42.7 Å². The molecule has 3 heteroatoms. The molecule has 3 rings (SSSR count). The van der Waals surface area contributed by atoms with Crippen LogP contribution in [0, 0.1) is 11.6 Å². The third-order valence-electron chi connectivity index (χ3n) is 4.59. The number of hydrogen-bond donors (Lipinski definition) is 1. The number of benzene rings is 2. The molecule has 21 heavy (non-hydrogen) atoms. The van der Waals surface area contributed by atoms with Crippen LogP contribution >= 0.6 is 0 Å². The average Bonchev–Trinajstić information content (AvgIpc) is 2.48. The van der Waals surface area contributed by atoms with Crippen LogP contribution in [0.25, 0.3) is 0 Å². The van der Waals surface area contributed by atoms with E-state index in [1.807, 2.05) is 18.2 Å². The molecule has 0 aliphatic heterocycles. The van der Waals surface area contributed by atoms with Crippen LogP contribution < -0.4 is 5.73 Å². The largest absolute Gasteiger partial charge is 0.321 e. The number of nitrogens with two attached hydrogens (primary N) is 1. The molecule has 0 bridgehead atoms. The van der Waals surface area contributed by atoms with Crippen molar-refractivity contribution < 1.29 is 8.78 Å². The minimum atomic E-state index is -0.617. The van der Waals surface area contributed by atoms with E-state index in [0.29, 0.717) is 11.5 Å². The van der Waals surface area contributed by atoms with Gasteiger partial charge in [-0.25, -0.2) is 8.78 Å². The van der Waals surface area contributed by atoms with Crippen LogP contribution in [-0.4, -0.2) is 0 Å². The van der Waals surface area contributed by atoms with Crippen LogP contribution in [-0.2, 0) is 5.54 Å². The van der Waals surface area contributed by atoms with Gasteiger partial charge in [-0.15, -0.1) is 0 Å². The highest BCUT2D eigenvalue weighted by Gasteiger charge is 2.34. The molecule has 2 aromatic carbocycles. The van der Waals surface area contributed by atoms with Gasteiger partial charge in [0.1, 0.15) is 11.6 Å². The van der Waals surface area contributed by atoms with Crippen LogP contribution in [0.5, 0.6) is 0 Å². The Bertz CT molecular complexity index is 596. The van der Waals surface area contributed by atoms with Gasteiger partial charge in [-0.05, 0) is 54.9 Å². The van der Waals surface area contributed by atoms with E-state index < -0.39 is 17.2 Å². The van der Waals surface area contributed by atoms with Crippen molar-refractivity contribution >= 4 is 0 Å². The minimum Gasteiger partial charge on any atom is -0.321 e. The Labute approximate surface area is 123 Å². The van der Waals surface area contributed by atoms with Gasteiger partial charge in [-0.3, -0.25) is 0 Å². The molecule has 1 saturated carbocycles. The maximum absolute atomic E-state index is 13.4. The third kappa shape index (κ3) is 2.98. The summed E-state index contributed by atoms with van der Waals surface area (Å²) in [5.74, 6) is -0.624. The number of rotatable bonds is 2. The van der Waals surface area contributed by atoms with Crippen LogP contribution in [0.15, 0.2) is 48.5 Å². The molecule has 0 heterocycles. The summed E-state index contributed by atoms with van der Waals surface area (Å²) >= 11 is 0. The van der Waals surface area contributed by atoms with Gasteiger partial charge in [0.25, 0.3) is 0 Å². The smallest absolute Gasteiger partial charge is 0.126 e. The number of halogens is 2. The summed E-state index contributed by atoms with van der Waals surface area (Å²) in [6.45, 7) is 0. The van der Waals surface area contributed by atoms with Crippen molar-refractivity contribution in [1.82, 2.24) is 0 Å². The van der Waals surface area contributed by atoms with Gasteiger partial charge in [0.2, 0.25) is 0 Å². The molecule has 2 N–H and O–H groups in total. The van der Waals surface area contributed by atoms with Gasteiger partial charge >= 0.3 is 0 Å². The Kier molecular flexibility index (Phi) is 3.77. The Hall–Kier alpha value is -1.74. The standard InChI is InChI=1S/C18H19F2N/c19-16-10-15(11-17(20)12-16)18(21)8-6-14(7-9-18)13-4-2-1-3-5-13/h1-5,10-12,14H,6-9,21H2. The van der Waals surface area contributed by atoms with Crippen LogP contribution in [0.4, 0.5) is 8.78 Å². The Morgan fingerprint density at radius 2 is 1.48 bits per heavy atom. The minimum absolute atomic E-state index is 0.487. The summed E-state index contributed by atoms with van der Waals surface area (Å²) in [6.07, 6.45) is 3.38. The summed E-state index contributed by atoms with van der Waals surface area (Å²) in [4.78, 5) is 0. The molecule has 0 saturated heterocycles. The second-order valence-corrected chi connectivity index (χ2v) is 6.00. The molecule has 110 valence electrons. The number of hydrogen-bond acceptors (Lipinski definition) is 1. The van der Waals surface area contributed by atoms with E-state index in [-0.39, 0.29) is 0 Å². The zero-order valence-corrected chi connectivity index (χ0v) is 11.9. The normalized spacial score (nSPS) is 25.8. The van der Waals surface area contributed by atoms with Gasteiger partial charge < -0.3 is 5.73 Å². The molecule has 1 aliphatic carbocycles. The average molecular weight is 287 g/mol. The van der Waals surface area contributed by atoms with Gasteiger partial charge in [0.15, 0.2) is 0 Å². The molecule has 0 aromatic heterocycles. The molecule has 1 fully saturated rings. The van der Waals surface area contributed by atoms with E-state index in [0.717, 1.165) is 31.7 Å². The predicted octanol–water partition coefficient (Wildman–Crippen LogP) is 4.48. The van der Waals surface area contributed by atoms with Crippen LogP contribution in [0.3, 0.4) is 0 Å². The molecule has 0 spiro atoms. The van der Waals surface area contributed by atoms with E-state index in [1.165, 1.54) is 17.7 Å². The second kappa shape index (κ2) is 5.57. The monoisotopic (exact) mass is 287 g/mol. The summed E-state index contributed by atoms with van der Waals surface area (Å²) in [7, 11) is 0. The van der Waals surface area contributed by atoms with Gasteiger partial charge in [-0.1, -0.05) is 30.3 Å². The molecule has 0 atom stereocenters. The van der Waals surface area contributed by atoms with Crippen molar-refractivity contribution in [3.63, 3.8) is 0 Å². The molecule has 0 radical (unpaired) electrons. The van der Waals surface area contributed by atoms with Crippen molar-refractivity contribution in [2.45, 2.75) is 37.1 Å². The summed E-state index contributed by atoms with van der Waals surface area (Å²) < 4.78 is 26.8. The van der Waals surface area contributed by atoms with Gasteiger partial charge in [-0.2, -0.15) is 0 Å². The molecule has 2 aromatic rings. The lowest BCUT2D eigenvalue weighted by Gasteiger charge is -2.38. The van der Waals surface area contributed by atoms with Gasteiger partial charge in [0, 0.05) is 11.6 Å². The van der Waals surface area contributed by atoms with Crippen molar-refractivity contribution in [3.8, 4) is 0 Å². The highest BCUT2D eigenvalue weighted by Crippen LogP contribution is 2.41. The fraction of sp³-hybridized carbons (Fsp3) is 0.333. The summed E-state index contributed by atoms with van der Waals surface area (Å²) in [5, 5.41) is 0. The Morgan fingerprint density at radius 3 is 2.05 bits per heavy atom. The molecule has 1 nitrogen and oxygen atoms in total. The highest BCUT2D eigenvalue weighted by atomic mass is 19.1. The first kappa shape index (κ1) is 14.2. The second-order valence-electron chi connectivity index (χ2n) is 6.00. The lowest BCUT2D eigenvalue weighted by Crippen LogP contribution is -2.40. The molecular formula is C18H19F2N. The topological polar surface area (TPSA) is 26.0 Å². The first-order chi connectivity index (χ1) is 10.1. The molecular weight excluding hydrogens is 268 g/mol. The van der Waals surface area contributed by atoms with E-state index in [1.54, 1.807) is 0 Å². The zero-order chi connectivity index (χ0) is 14.9. The van der Waals surface area contributed by atoms with Gasteiger partial charge in [0.05, 0.1) is 0 Å². The highest BCUT2D eigenvalue weighted by molar-refractivity contribution is 5.28. The maximum Gasteiger partial charge on any atom is 0.126 e. The van der Waals surface area contributed by atoms with E-state index in [9.17, 15) is 8.78 Å². The fourth-order valence-electron chi connectivity index (χ4n) is 3.32. The van der Waals surface area contributed by atoms with Crippen molar-refractivity contribution in [3.05, 3.63) is 71.3 Å². The SMILES string of the molecule is NC1(c2cc(F)cc(F)c2)CCC(c2ccccc2)CC1. The first-order valence-corrected chi connectivity index (χ1v) is 7.37.